The van der Waals surface area contributed by atoms with Crippen molar-refractivity contribution in [2.24, 2.45) is 0 Å². The van der Waals surface area contributed by atoms with Crippen molar-refractivity contribution in [3.05, 3.63) is 89.0 Å². The van der Waals surface area contributed by atoms with Crippen LogP contribution in [0.2, 0.25) is 0 Å². The zero-order valence-electron chi connectivity index (χ0n) is 17.8. The van der Waals surface area contributed by atoms with Crippen LogP contribution in [0.1, 0.15) is 31.8 Å². The van der Waals surface area contributed by atoms with Gasteiger partial charge in [-0.25, -0.2) is 8.42 Å². The van der Waals surface area contributed by atoms with Crippen molar-refractivity contribution in [2.75, 3.05) is 27.7 Å². The monoisotopic (exact) mass is 449 g/mol. The Bertz CT molecular complexity index is 1300. The van der Waals surface area contributed by atoms with Crippen molar-refractivity contribution in [1.29, 1.82) is 0 Å². The summed E-state index contributed by atoms with van der Waals surface area (Å²) in [6, 6.07) is 19.3. The Balaban J connectivity index is 1.53. The van der Waals surface area contributed by atoms with Gasteiger partial charge in [0, 0.05) is 29.0 Å². The molecule has 3 aromatic rings. The summed E-state index contributed by atoms with van der Waals surface area (Å²) >= 11 is 0. The Morgan fingerprint density at radius 1 is 0.906 bits per heavy atom. The number of carbonyl (C=O) groups is 2. The van der Waals surface area contributed by atoms with Crippen molar-refractivity contribution >= 4 is 38.9 Å². The standard InChI is InChI=1S/C24H23N3O4S/c1-16-20(24(29)25-19-7-4-3-5-8-19)9-6-10-21(16)26-23(28)18-11-12-22-17(15-18)13-14-27(22)32(2,30)31/h3-12,15H,13-14H2,1-2H3,(H,25,29)(H,26,28). The molecule has 2 N–H and O–H groups in total. The van der Waals surface area contributed by atoms with Crippen molar-refractivity contribution in [1.82, 2.24) is 0 Å². The van der Waals surface area contributed by atoms with Gasteiger partial charge in [0.25, 0.3) is 11.8 Å². The first-order chi connectivity index (χ1) is 15.2. The lowest BCUT2D eigenvalue weighted by Gasteiger charge is -2.16. The lowest BCUT2D eigenvalue weighted by Crippen LogP contribution is -2.27. The third kappa shape index (κ3) is 4.36. The van der Waals surface area contributed by atoms with Crippen LogP contribution in [0.3, 0.4) is 0 Å². The second kappa shape index (κ2) is 8.47. The molecular formula is C24H23N3O4S. The lowest BCUT2D eigenvalue weighted by molar-refractivity contribution is 0.101. The normalized spacial score (nSPS) is 12.9. The van der Waals surface area contributed by atoms with Gasteiger partial charge in [-0.1, -0.05) is 24.3 Å². The van der Waals surface area contributed by atoms with Crippen LogP contribution in [-0.4, -0.2) is 33.0 Å². The Morgan fingerprint density at radius 3 is 2.38 bits per heavy atom. The first kappa shape index (κ1) is 21.6. The van der Waals surface area contributed by atoms with Crippen LogP contribution in [0.15, 0.2) is 66.7 Å². The molecule has 0 aromatic heterocycles. The minimum Gasteiger partial charge on any atom is -0.322 e. The van der Waals surface area contributed by atoms with E-state index in [0.717, 1.165) is 5.56 Å². The molecule has 1 aliphatic rings. The number of hydrogen-bond donors (Lipinski definition) is 2. The molecule has 4 rings (SSSR count). The number of sulfonamides is 1. The Kier molecular flexibility index (Phi) is 5.71. The second-order valence-electron chi connectivity index (χ2n) is 7.68. The fourth-order valence-electron chi connectivity index (χ4n) is 3.79. The molecule has 0 saturated heterocycles. The quantitative estimate of drug-likeness (QED) is 0.619. The largest absolute Gasteiger partial charge is 0.322 e. The van der Waals surface area contributed by atoms with Gasteiger partial charge in [-0.05, 0) is 66.9 Å². The molecular weight excluding hydrogens is 426 g/mol. The fourth-order valence-corrected chi connectivity index (χ4v) is 4.75. The highest BCUT2D eigenvalue weighted by Crippen LogP contribution is 2.31. The molecule has 7 nitrogen and oxygen atoms in total. The number of nitrogens with one attached hydrogen (secondary N) is 2. The van der Waals surface area contributed by atoms with Crippen molar-refractivity contribution < 1.29 is 18.0 Å². The third-order valence-electron chi connectivity index (χ3n) is 5.45. The topological polar surface area (TPSA) is 95.6 Å². The number of rotatable bonds is 5. The van der Waals surface area contributed by atoms with Gasteiger partial charge < -0.3 is 10.6 Å². The van der Waals surface area contributed by atoms with E-state index in [4.69, 9.17) is 0 Å². The number of carbonyl (C=O) groups excluding carboxylic acids is 2. The molecule has 164 valence electrons. The van der Waals surface area contributed by atoms with Crippen LogP contribution in [0.4, 0.5) is 17.1 Å². The Hall–Kier alpha value is -3.65. The zero-order valence-corrected chi connectivity index (χ0v) is 18.6. The predicted molar refractivity (Wildman–Crippen MR) is 126 cm³/mol. The lowest BCUT2D eigenvalue weighted by atomic mass is 10.0. The van der Waals surface area contributed by atoms with Gasteiger partial charge >= 0.3 is 0 Å². The van der Waals surface area contributed by atoms with Crippen molar-refractivity contribution in [3.8, 4) is 0 Å². The minimum absolute atomic E-state index is 0.261. The van der Waals surface area contributed by atoms with Gasteiger partial charge in [0.1, 0.15) is 0 Å². The molecule has 0 saturated carbocycles. The van der Waals surface area contributed by atoms with E-state index in [0.29, 0.717) is 46.7 Å². The van der Waals surface area contributed by atoms with E-state index in [-0.39, 0.29) is 11.8 Å². The second-order valence-corrected chi connectivity index (χ2v) is 9.59. The number of hydrogen-bond acceptors (Lipinski definition) is 4. The summed E-state index contributed by atoms with van der Waals surface area (Å²) in [5, 5.41) is 5.72. The van der Waals surface area contributed by atoms with E-state index >= 15 is 0 Å². The summed E-state index contributed by atoms with van der Waals surface area (Å²) in [6.07, 6.45) is 1.73. The van der Waals surface area contributed by atoms with Crippen LogP contribution < -0.4 is 14.9 Å². The van der Waals surface area contributed by atoms with Crippen LogP contribution in [0.25, 0.3) is 0 Å². The molecule has 0 atom stereocenters. The van der Waals surface area contributed by atoms with E-state index < -0.39 is 10.0 Å². The number of amides is 2. The summed E-state index contributed by atoms with van der Waals surface area (Å²) in [5.41, 5.74) is 4.19. The summed E-state index contributed by atoms with van der Waals surface area (Å²) in [5.74, 6) is -0.586. The van der Waals surface area contributed by atoms with Gasteiger partial charge in [0.2, 0.25) is 10.0 Å². The average molecular weight is 450 g/mol. The summed E-state index contributed by atoms with van der Waals surface area (Å²) in [6.45, 7) is 2.15. The highest BCUT2D eigenvalue weighted by Gasteiger charge is 2.27. The van der Waals surface area contributed by atoms with E-state index in [2.05, 4.69) is 10.6 Å². The summed E-state index contributed by atoms with van der Waals surface area (Å²) < 4.78 is 25.2. The van der Waals surface area contributed by atoms with E-state index in [9.17, 15) is 18.0 Å². The number of benzene rings is 3. The van der Waals surface area contributed by atoms with Crippen LogP contribution >= 0.6 is 0 Å². The summed E-state index contributed by atoms with van der Waals surface area (Å²) in [4.78, 5) is 25.6. The zero-order chi connectivity index (χ0) is 22.9. The SMILES string of the molecule is Cc1c(NC(=O)c2ccc3c(c2)CCN3S(C)(=O)=O)cccc1C(=O)Nc1ccccc1. The van der Waals surface area contributed by atoms with Crippen LogP contribution in [0.5, 0.6) is 0 Å². The molecule has 3 aromatic carbocycles. The molecule has 0 aliphatic carbocycles. The maximum atomic E-state index is 12.9. The highest BCUT2D eigenvalue weighted by atomic mass is 32.2. The highest BCUT2D eigenvalue weighted by molar-refractivity contribution is 7.92. The van der Waals surface area contributed by atoms with Gasteiger partial charge in [-0.2, -0.15) is 0 Å². The van der Waals surface area contributed by atoms with Gasteiger partial charge in [0.15, 0.2) is 0 Å². The van der Waals surface area contributed by atoms with Gasteiger partial charge in [-0.3, -0.25) is 13.9 Å². The molecule has 8 heteroatoms. The van der Waals surface area contributed by atoms with Crippen LogP contribution in [-0.2, 0) is 16.4 Å². The van der Waals surface area contributed by atoms with Crippen molar-refractivity contribution in [2.45, 2.75) is 13.3 Å². The average Bonchev–Trinajstić information content (AvgIpc) is 3.19. The fraction of sp³-hybridized carbons (Fsp3) is 0.167. The Morgan fingerprint density at radius 2 is 1.66 bits per heavy atom. The first-order valence-corrected chi connectivity index (χ1v) is 12.0. The Labute approximate surface area is 187 Å². The predicted octanol–water partition coefficient (Wildman–Crippen LogP) is 3.82. The number of nitrogens with zero attached hydrogens (tertiary/aromatic N) is 1. The molecule has 1 aliphatic heterocycles. The molecule has 1 heterocycles. The number of para-hydroxylation sites is 1. The van der Waals surface area contributed by atoms with Crippen molar-refractivity contribution in [3.63, 3.8) is 0 Å². The molecule has 0 radical (unpaired) electrons. The minimum atomic E-state index is -3.34. The number of fused-ring (bicyclic) bond motifs is 1. The molecule has 32 heavy (non-hydrogen) atoms. The molecule has 2 amide bonds. The van der Waals surface area contributed by atoms with Gasteiger partial charge in [0.05, 0.1) is 11.9 Å². The summed E-state index contributed by atoms with van der Waals surface area (Å²) in [7, 11) is -3.34. The van der Waals surface area contributed by atoms with E-state index in [1.54, 1.807) is 55.5 Å². The molecule has 0 bridgehead atoms. The maximum absolute atomic E-state index is 12.9. The molecule has 0 spiro atoms. The van der Waals surface area contributed by atoms with E-state index in [1.807, 2.05) is 18.2 Å². The van der Waals surface area contributed by atoms with Crippen LogP contribution in [0, 0.1) is 6.92 Å². The number of anilines is 3. The third-order valence-corrected chi connectivity index (χ3v) is 6.63. The molecule has 0 unspecified atom stereocenters. The molecule has 0 fully saturated rings. The van der Waals surface area contributed by atoms with E-state index in [1.165, 1.54) is 10.6 Å². The van der Waals surface area contributed by atoms with Gasteiger partial charge in [-0.15, -0.1) is 0 Å². The first-order valence-electron chi connectivity index (χ1n) is 10.1. The smallest absolute Gasteiger partial charge is 0.256 e. The maximum Gasteiger partial charge on any atom is 0.256 e.